The van der Waals surface area contributed by atoms with Gasteiger partial charge in [-0.1, -0.05) is 29.5 Å². The van der Waals surface area contributed by atoms with Crippen molar-refractivity contribution < 1.29 is 25.4 Å². The van der Waals surface area contributed by atoms with Gasteiger partial charge in [-0.2, -0.15) is 13.6 Å². The van der Waals surface area contributed by atoms with Crippen molar-refractivity contribution in [2.45, 2.75) is 31.1 Å². The van der Waals surface area contributed by atoms with Gasteiger partial charge in [0.25, 0.3) is 10.1 Å². The lowest BCUT2D eigenvalue weighted by Crippen LogP contribution is -2.30. The van der Waals surface area contributed by atoms with Gasteiger partial charge >= 0.3 is 0 Å². The average Bonchev–Trinajstić information content (AvgIpc) is 3.30. The van der Waals surface area contributed by atoms with Crippen LogP contribution in [0.25, 0.3) is 5.57 Å². The Morgan fingerprint density at radius 3 is 2.58 bits per heavy atom. The molecule has 1 aromatic heterocycles. The van der Waals surface area contributed by atoms with E-state index in [2.05, 4.69) is 31.9 Å². The number of tetrazole rings is 1. The zero-order chi connectivity index (χ0) is 26.7. The second-order valence-corrected chi connectivity index (χ2v) is 11.9. The number of benzene rings is 2. The van der Waals surface area contributed by atoms with E-state index in [1.54, 1.807) is 13.0 Å². The number of hydrogen-bond acceptors (Lipinski definition) is 8. The predicted octanol–water partition coefficient (Wildman–Crippen LogP) is 2.90. The lowest BCUT2D eigenvalue weighted by atomic mass is 9.88. The van der Waals surface area contributed by atoms with E-state index in [0.717, 1.165) is 11.8 Å². The number of aromatic amines is 1. The summed E-state index contributed by atoms with van der Waals surface area (Å²) in [4.78, 5) is -0.112. The Morgan fingerprint density at radius 1 is 1.22 bits per heavy atom. The summed E-state index contributed by atoms with van der Waals surface area (Å²) in [7, 11) is -7.85. The molecule has 0 spiro atoms. The first-order chi connectivity index (χ1) is 16.8. The topological polar surface area (TPSA) is 144 Å². The molecule has 0 bridgehead atoms. The summed E-state index contributed by atoms with van der Waals surface area (Å²) >= 11 is 6.03. The second-order valence-electron chi connectivity index (χ2n) is 8.09. The Balaban J connectivity index is 1.91. The maximum absolute atomic E-state index is 14.8. The molecule has 0 saturated heterocycles. The van der Waals surface area contributed by atoms with E-state index >= 15 is 0 Å². The normalized spacial score (nSPS) is 13.0. The highest BCUT2D eigenvalue weighted by Gasteiger charge is 2.28. The van der Waals surface area contributed by atoms with E-state index in [4.69, 9.17) is 15.8 Å². The number of sulfonamides is 1. The maximum atomic E-state index is 14.8. The lowest BCUT2D eigenvalue weighted by Gasteiger charge is -2.21. The van der Waals surface area contributed by atoms with Gasteiger partial charge in [-0.15, -0.1) is 10.2 Å². The second kappa shape index (κ2) is 11.1. The Hall–Kier alpha value is -2.71. The first-order valence-electron chi connectivity index (χ1n) is 10.6. The molecule has 3 rings (SSSR count). The highest BCUT2D eigenvalue weighted by molar-refractivity contribution is 7.89. The van der Waals surface area contributed by atoms with Crippen LogP contribution in [0, 0.1) is 19.7 Å². The Labute approximate surface area is 214 Å². The first-order valence-corrected chi connectivity index (χ1v) is 14.3. The van der Waals surface area contributed by atoms with E-state index in [0.29, 0.717) is 5.56 Å². The zero-order valence-corrected chi connectivity index (χ0v) is 22.1. The molecule has 0 fully saturated rings. The van der Waals surface area contributed by atoms with Crippen molar-refractivity contribution in [3.63, 3.8) is 0 Å². The van der Waals surface area contributed by atoms with Gasteiger partial charge in [-0.25, -0.2) is 17.5 Å². The summed E-state index contributed by atoms with van der Waals surface area (Å²) in [6.07, 6.45) is 0.868. The van der Waals surface area contributed by atoms with Gasteiger partial charge in [-0.05, 0) is 66.8 Å². The maximum Gasteiger partial charge on any atom is 0.264 e. The minimum Gasteiger partial charge on any atom is -0.270 e. The van der Waals surface area contributed by atoms with Crippen molar-refractivity contribution in [3.05, 3.63) is 75.8 Å². The molecule has 0 amide bonds. The molecule has 0 aliphatic heterocycles. The van der Waals surface area contributed by atoms with Crippen LogP contribution in [0.5, 0.6) is 0 Å². The first kappa shape index (κ1) is 27.9. The molecular weight excluding hydrogens is 533 g/mol. The van der Waals surface area contributed by atoms with Gasteiger partial charge in [-0.3, -0.25) is 4.18 Å². The molecule has 0 aliphatic carbocycles. The van der Waals surface area contributed by atoms with Crippen LogP contribution in [0.1, 0.15) is 34.0 Å². The van der Waals surface area contributed by atoms with Crippen LogP contribution in [0.2, 0.25) is 5.02 Å². The number of hydrogen-bond donors (Lipinski definition) is 2. The number of nitrogens with one attached hydrogen (secondary N) is 2. The fraction of sp³-hybridized carbons (Fsp3) is 0.318. The molecule has 1 heterocycles. The third-order valence-corrected chi connectivity index (χ3v) is 7.91. The summed E-state index contributed by atoms with van der Waals surface area (Å²) in [6.45, 7) is 7.07. The molecule has 194 valence electrons. The minimum absolute atomic E-state index is 0.0292. The van der Waals surface area contributed by atoms with Crippen LogP contribution >= 0.6 is 11.6 Å². The van der Waals surface area contributed by atoms with Crippen molar-refractivity contribution in [2.24, 2.45) is 0 Å². The number of halogens is 2. The number of aryl methyl sites for hydroxylation is 1. The van der Waals surface area contributed by atoms with Gasteiger partial charge in [0.15, 0.2) is 5.82 Å². The minimum atomic E-state index is -4.14. The predicted molar refractivity (Wildman–Crippen MR) is 133 cm³/mol. The number of rotatable bonds is 11. The highest BCUT2D eigenvalue weighted by atomic mass is 35.5. The number of nitrogens with zero attached hydrogens (tertiary/aromatic N) is 3. The van der Waals surface area contributed by atoms with E-state index in [1.807, 2.05) is 6.92 Å². The van der Waals surface area contributed by atoms with Crippen molar-refractivity contribution in [3.8, 4) is 0 Å². The van der Waals surface area contributed by atoms with Gasteiger partial charge in [0.1, 0.15) is 5.82 Å². The molecule has 3 aromatic rings. The molecule has 0 unspecified atom stereocenters. The third kappa shape index (κ3) is 6.73. The Bertz CT molecular complexity index is 1480. The SMILES string of the molecule is C=C(c1c(F)ccc(C)c1C)[C@H](CNS(=O)(=O)c1ccc(Cl)cc1CCOS(C)(=O)=O)c1nn[nH]n1. The van der Waals surface area contributed by atoms with Crippen molar-refractivity contribution in [2.75, 3.05) is 19.4 Å². The molecule has 2 N–H and O–H groups in total. The van der Waals surface area contributed by atoms with Gasteiger partial charge in [0.2, 0.25) is 10.0 Å². The Kier molecular flexibility index (Phi) is 8.62. The summed E-state index contributed by atoms with van der Waals surface area (Å²) < 4.78 is 71.1. The smallest absolute Gasteiger partial charge is 0.264 e. The van der Waals surface area contributed by atoms with Crippen LogP contribution < -0.4 is 4.72 Å². The standard InChI is InChI=1S/C22H25ClFN5O5S2/c1-13-5-7-19(24)21(14(13)2)15(3)18(22-26-28-29-27-22)12-25-36(32,33)20-8-6-17(23)11-16(20)9-10-34-35(4,30)31/h5-8,11,18,25H,3,9-10,12H2,1-2,4H3,(H,26,27,28,29)/t18-/m0/s1. The van der Waals surface area contributed by atoms with Gasteiger partial charge in [0.05, 0.1) is 23.7 Å². The zero-order valence-electron chi connectivity index (χ0n) is 19.7. The van der Waals surface area contributed by atoms with E-state index in [1.165, 1.54) is 24.3 Å². The van der Waals surface area contributed by atoms with Crippen molar-refractivity contribution in [1.82, 2.24) is 25.3 Å². The lowest BCUT2D eigenvalue weighted by molar-refractivity contribution is 0.325. The fourth-order valence-corrected chi connectivity index (χ4v) is 5.49. The van der Waals surface area contributed by atoms with E-state index < -0.39 is 31.9 Å². The molecule has 10 nitrogen and oxygen atoms in total. The summed E-state index contributed by atoms with van der Waals surface area (Å²) in [5.41, 5.74) is 2.27. The van der Waals surface area contributed by atoms with Crippen LogP contribution in [0.15, 0.2) is 41.8 Å². The highest BCUT2D eigenvalue weighted by Crippen LogP contribution is 2.33. The summed E-state index contributed by atoms with van der Waals surface area (Å²) in [6, 6.07) is 7.09. The summed E-state index contributed by atoms with van der Waals surface area (Å²) in [5, 5.41) is 14.0. The largest absolute Gasteiger partial charge is 0.270 e. The molecule has 0 saturated carbocycles. The third-order valence-electron chi connectivity index (χ3n) is 5.56. The van der Waals surface area contributed by atoms with Gasteiger partial charge in [0, 0.05) is 17.1 Å². The summed E-state index contributed by atoms with van der Waals surface area (Å²) in [5.74, 6) is -1.23. The Morgan fingerprint density at radius 2 is 1.94 bits per heavy atom. The molecule has 36 heavy (non-hydrogen) atoms. The molecule has 14 heteroatoms. The fourth-order valence-electron chi connectivity index (χ4n) is 3.62. The van der Waals surface area contributed by atoms with Crippen molar-refractivity contribution in [1.29, 1.82) is 0 Å². The quantitative estimate of drug-likeness (QED) is 0.342. The van der Waals surface area contributed by atoms with Crippen LogP contribution in [-0.4, -0.2) is 56.9 Å². The van der Waals surface area contributed by atoms with E-state index in [9.17, 15) is 21.2 Å². The monoisotopic (exact) mass is 557 g/mol. The molecule has 0 radical (unpaired) electrons. The molecule has 2 aromatic carbocycles. The number of aromatic nitrogens is 4. The molecule has 0 aliphatic rings. The van der Waals surface area contributed by atoms with Crippen LogP contribution in [0.3, 0.4) is 0 Å². The average molecular weight is 558 g/mol. The number of H-pyrrole nitrogens is 1. The van der Waals surface area contributed by atoms with Gasteiger partial charge < -0.3 is 0 Å². The molecule has 1 atom stereocenters. The van der Waals surface area contributed by atoms with Crippen molar-refractivity contribution >= 4 is 37.3 Å². The van der Waals surface area contributed by atoms with E-state index in [-0.39, 0.29) is 52.0 Å². The van der Waals surface area contributed by atoms with Crippen LogP contribution in [0.4, 0.5) is 4.39 Å². The van der Waals surface area contributed by atoms with Crippen LogP contribution in [-0.2, 0) is 30.7 Å². The molecular formula is C22H25ClFN5O5S2.